The van der Waals surface area contributed by atoms with Crippen LogP contribution in [0.5, 0.6) is 0 Å². The molecule has 112 valence electrons. The van der Waals surface area contributed by atoms with Gasteiger partial charge in [0.1, 0.15) is 0 Å². The third-order valence-electron chi connectivity index (χ3n) is 3.04. The van der Waals surface area contributed by atoms with E-state index in [2.05, 4.69) is 42.7 Å². The van der Waals surface area contributed by atoms with Gasteiger partial charge in [-0.15, -0.1) is 0 Å². The Hall–Kier alpha value is -1.36. The van der Waals surface area contributed by atoms with Gasteiger partial charge >= 0.3 is 6.03 Å². The van der Waals surface area contributed by atoms with Crippen LogP contribution in [0.1, 0.15) is 30.9 Å². The van der Waals surface area contributed by atoms with E-state index in [1.165, 1.54) is 11.1 Å². The standard InChI is InChI=1S/C15H24N2O2S/c1-11-6-5-7-14(8-11)12(2)9-16-15(18)17-13(3)10-20(4)19/h5-8,12-13H,9-10H2,1-4H3,(H2,16,17,18)/t12-,13+,20+/m1/s1. The Morgan fingerprint density at radius 2 is 2.05 bits per heavy atom. The molecule has 0 spiro atoms. The summed E-state index contributed by atoms with van der Waals surface area (Å²) in [5.41, 5.74) is 2.44. The number of amides is 2. The lowest BCUT2D eigenvalue weighted by Gasteiger charge is -2.16. The lowest BCUT2D eigenvalue weighted by atomic mass is 9.99. The average molecular weight is 296 g/mol. The molecule has 1 aromatic rings. The Balaban J connectivity index is 2.39. The highest BCUT2D eigenvalue weighted by Gasteiger charge is 2.11. The van der Waals surface area contributed by atoms with Crippen molar-refractivity contribution in [1.82, 2.24) is 10.6 Å². The van der Waals surface area contributed by atoms with Crippen molar-refractivity contribution in [2.45, 2.75) is 32.7 Å². The van der Waals surface area contributed by atoms with Crippen LogP contribution in [0.25, 0.3) is 0 Å². The Bertz CT molecular complexity index is 477. The number of hydrogen-bond donors (Lipinski definition) is 2. The van der Waals surface area contributed by atoms with Crippen LogP contribution >= 0.6 is 0 Å². The third-order valence-corrected chi connectivity index (χ3v) is 4.01. The predicted molar refractivity (Wildman–Crippen MR) is 84.5 cm³/mol. The topological polar surface area (TPSA) is 58.2 Å². The molecule has 0 unspecified atom stereocenters. The van der Waals surface area contributed by atoms with Crippen LogP contribution in [0.2, 0.25) is 0 Å². The molecule has 2 N–H and O–H groups in total. The molecule has 20 heavy (non-hydrogen) atoms. The first kappa shape index (κ1) is 16.7. The van der Waals surface area contributed by atoms with Gasteiger partial charge in [-0.05, 0) is 25.3 Å². The molecule has 0 saturated carbocycles. The molecule has 0 saturated heterocycles. The monoisotopic (exact) mass is 296 g/mol. The van der Waals surface area contributed by atoms with Gasteiger partial charge in [-0.2, -0.15) is 0 Å². The summed E-state index contributed by atoms with van der Waals surface area (Å²) in [7, 11) is -0.900. The number of nitrogens with one attached hydrogen (secondary N) is 2. The number of hydrogen-bond acceptors (Lipinski definition) is 2. The van der Waals surface area contributed by atoms with Crippen LogP contribution < -0.4 is 10.6 Å². The lowest BCUT2D eigenvalue weighted by molar-refractivity contribution is 0.238. The molecule has 0 aliphatic rings. The zero-order valence-corrected chi connectivity index (χ0v) is 13.4. The highest BCUT2D eigenvalue weighted by Crippen LogP contribution is 2.15. The molecule has 0 bridgehead atoms. The fourth-order valence-corrected chi connectivity index (χ4v) is 2.80. The van der Waals surface area contributed by atoms with Crippen molar-refractivity contribution >= 4 is 16.8 Å². The van der Waals surface area contributed by atoms with E-state index in [9.17, 15) is 9.00 Å². The fourth-order valence-electron chi connectivity index (χ4n) is 2.01. The second kappa shape index (κ2) is 8.04. The predicted octanol–water partition coefficient (Wildman–Crippen LogP) is 2.16. The summed E-state index contributed by atoms with van der Waals surface area (Å²) in [6.45, 7) is 6.57. The molecule has 0 aromatic heterocycles. The average Bonchev–Trinajstić information content (AvgIpc) is 2.34. The van der Waals surface area contributed by atoms with Gasteiger partial charge in [-0.1, -0.05) is 36.8 Å². The van der Waals surface area contributed by atoms with E-state index in [-0.39, 0.29) is 18.0 Å². The molecule has 0 fully saturated rings. The van der Waals surface area contributed by atoms with Gasteiger partial charge in [0.05, 0.1) is 0 Å². The maximum absolute atomic E-state index is 11.7. The minimum atomic E-state index is -0.900. The van der Waals surface area contributed by atoms with Crippen molar-refractivity contribution in [3.8, 4) is 0 Å². The third kappa shape index (κ3) is 6.19. The summed E-state index contributed by atoms with van der Waals surface area (Å²) in [6.07, 6.45) is 1.63. The number of rotatable bonds is 6. The molecule has 0 heterocycles. The highest BCUT2D eigenvalue weighted by atomic mass is 32.2. The second-order valence-corrected chi connectivity index (χ2v) is 6.79. The van der Waals surface area contributed by atoms with E-state index < -0.39 is 10.8 Å². The van der Waals surface area contributed by atoms with E-state index >= 15 is 0 Å². The van der Waals surface area contributed by atoms with Crippen LogP contribution in [-0.4, -0.2) is 34.8 Å². The molecule has 0 aliphatic heterocycles. The van der Waals surface area contributed by atoms with E-state index in [0.717, 1.165) is 0 Å². The maximum Gasteiger partial charge on any atom is 0.315 e. The molecule has 1 rings (SSSR count). The van der Waals surface area contributed by atoms with Crippen LogP contribution in [-0.2, 0) is 10.8 Å². The summed E-state index contributed by atoms with van der Waals surface area (Å²) in [4.78, 5) is 11.7. The smallest absolute Gasteiger partial charge is 0.315 e. The summed E-state index contributed by atoms with van der Waals surface area (Å²) < 4.78 is 11.1. The van der Waals surface area contributed by atoms with Gasteiger partial charge in [0.25, 0.3) is 0 Å². The van der Waals surface area contributed by atoms with Crippen molar-refractivity contribution in [3.63, 3.8) is 0 Å². The molecule has 2 amide bonds. The Labute approximate surface area is 123 Å². The molecule has 1 aromatic carbocycles. The van der Waals surface area contributed by atoms with Gasteiger partial charge in [-0.25, -0.2) is 4.79 Å². The first-order valence-electron chi connectivity index (χ1n) is 6.79. The van der Waals surface area contributed by atoms with E-state index in [1.54, 1.807) is 6.26 Å². The lowest BCUT2D eigenvalue weighted by Crippen LogP contribution is -2.43. The first-order chi connectivity index (χ1) is 9.38. The number of carbonyl (C=O) groups is 1. The Kier molecular flexibility index (Phi) is 6.71. The Morgan fingerprint density at radius 1 is 1.35 bits per heavy atom. The maximum atomic E-state index is 11.7. The minimum Gasteiger partial charge on any atom is -0.338 e. The zero-order chi connectivity index (χ0) is 15.1. The summed E-state index contributed by atoms with van der Waals surface area (Å²) in [5, 5.41) is 5.64. The van der Waals surface area contributed by atoms with Crippen LogP contribution in [0.15, 0.2) is 24.3 Å². The van der Waals surface area contributed by atoms with Gasteiger partial charge in [0, 0.05) is 35.4 Å². The largest absolute Gasteiger partial charge is 0.338 e. The minimum absolute atomic E-state index is 0.0879. The molecular weight excluding hydrogens is 272 g/mol. The van der Waals surface area contributed by atoms with Crippen LogP contribution in [0.3, 0.4) is 0 Å². The molecule has 5 heteroatoms. The molecule has 4 nitrogen and oxygen atoms in total. The molecule has 0 radical (unpaired) electrons. The fraction of sp³-hybridized carbons (Fsp3) is 0.533. The second-order valence-electron chi connectivity index (χ2n) is 5.31. The van der Waals surface area contributed by atoms with Crippen molar-refractivity contribution in [2.24, 2.45) is 0 Å². The number of carbonyl (C=O) groups excluding carboxylic acids is 1. The highest BCUT2D eigenvalue weighted by molar-refractivity contribution is 7.84. The SMILES string of the molecule is Cc1cccc([C@H](C)CNC(=O)N[C@@H](C)C[S@](C)=O)c1. The van der Waals surface area contributed by atoms with E-state index in [4.69, 9.17) is 0 Å². The van der Waals surface area contributed by atoms with Gasteiger partial charge in [0.2, 0.25) is 0 Å². The molecule has 0 aliphatic carbocycles. The molecular formula is C15H24N2O2S. The number of benzene rings is 1. The van der Waals surface area contributed by atoms with Crippen LogP contribution in [0, 0.1) is 6.92 Å². The Morgan fingerprint density at radius 3 is 2.65 bits per heavy atom. The first-order valence-corrected chi connectivity index (χ1v) is 8.52. The normalized spacial score (nSPS) is 15.2. The van der Waals surface area contributed by atoms with Gasteiger partial charge in [0.15, 0.2) is 0 Å². The van der Waals surface area contributed by atoms with Crippen molar-refractivity contribution in [3.05, 3.63) is 35.4 Å². The summed E-state index contributed by atoms with van der Waals surface area (Å²) in [6, 6.07) is 7.99. The van der Waals surface area contributed by atoms with E-state index in [1.807, 2.05) is 13.0 Å². The van der Waals surface area contributed by atoms with Crippen molar-refractivity contribution in [1.29, 1.82) is 0 Å². The summed E-state index contributed by atoms with van der Waals surface area (Å²) >= 11 is 0. The molecule has 3 atom stereocenters. The number of aryl methyl sites for hydroxylation is 1. The van der Waals surface area contributed by atoms with Gasteiger partial charge < -0.3 is 10.6 Å². The zero-order valence-electron chi connectivity index (χ0n) is 12.6. The van der Waals surface area contributed by atoms with Crippen molar-refractivity contribution in [2.75, 3.05) is 18.6 Å². The van der Waals surface area contributed by atoms with Crippen LogP contribution in [0.4, 0.5) is 4.79 Å². The quantitative estimate of drug-likeness (QED) is 0.845. The number of urea groups is 1. The summed E-state index contributed by atoms with van der Waals surface area (Å²) in [5.74, 6) is 0.733. The van der Waals surface area contributed by atoms with Gasteiger partial charge in [-0.3, -0.25) is 4.21 Å². The van der Waals surface area contributed by atoms with E-state index in [0.29, 0.717) is 12.3 Å². The van der Waals surface area contributed by atoms with Crippen molar-refractivity contribution < 1.29 is 9.00 Å².